The van der Waals surface area contributed by atoms with Crippen LogP contribution in [0.5, 0.6) is 11.5 Å². The van der Waals surface area contributed by atoms with E-state index in [1.807, 2.05) is 6.07 Å². The molecular weight excluding hydrogens is 320 g/mol. The molecule has 3 rings (SSSR count). The van der Waals surface area contributed by atoms with Crippen LogP contribution >= 0.6 is 22.9 Å². The molecule has 1 aromatic carbocycles. The van der Waals surface area contributed by atoms with E-state index in [2.05, 4.69) is 9.98 Å². The summed E-state index contributed by atoms with van der Waals surface area (Å²) in [5, 5.41) is 10.1. The number of benzene rings is 1. The minimum atomic E-state index is 0.182. The molecule has 0 amide bonds. The third-order valence-electron chi connectivity index (χ3n) is 2.87. The second-order valence-electron chi connectivity index (χ2n) is 4.31. The van der Waals surface area contributed by atoms with Crippen molar-refractivity contribution in [2.75, 3.05) is 0 Å². The second kappa shape index (κ2) is 6.02. The molecule has 0 fully saturated rings. The SMILES string of the molecule is N#C/N=C(\N)c1cc2c(Oc3ccc(Cl)cc3)cncc2s1. The van der Waals surface area contributed by atoms with Crippen molar-refractivity contribution in [2.45, 2.75) is 0 Å². The lowest BCUT2D eigenvalue weighted by Crippen LogP contribution is -2.10. The lowest BCUT2D eigenvalue weighted by Gasteiger charge is -2.06. The topological polar surface area (TPSA) is 84.3 Å². The number of halogens is 1. The van der Waals surface area contributed by atoms with Crippen molar-refractivity contribution in [3.05, 3.63) is 52.6 Å². The summed E-state index contributed by atoms with van der Waals surface area (Å²) in [6, 6.07) is 8.89. The fourth-order valence-corrected chi connectivity index (χ4v) is 2.95. The van der Waals surface area contributed by atoms with E-state index in [0.717, 1.165) is 10.1 Å². The Kier molecular flexibility index (Phi) is 3.92. The van der Waals surface area contributed by atoms with Gasteiger partial charge in [-0.3, -0.25) is 4.98 Å². The second-order valence-corrected chi connectivity index (χ2v) is 5.83. The van der Waals surface area contributed by atoms with Crippen LogP contribution in [-0.2, 0) is 0 Å². The number of aliphatic imine (C=N–C) groups is 1. The zero-order valence-corrected chi connectivity index (χ0v) is 12.7. The van der Waals surface area contributed by atoms with E-state index < -0.39 is 0 Å². The van der Waals surface area contributed by atoms with Crippen LogP contribution in [-0.4, -0.2) is 10.8 Å². The molecule has 7 heteroatoms. The van der Waals surface area contributed by atoms with Crippen LogP contribution in [0, 0.1) is 11.5 Å². The number of pyridine rings is 1. The Labute approximate surface area is 135 Å². The normalized spacial score (nSPS) is 11.4. The summed E-state index contributed by atoms with van der Waals surface area (Å²) < 4.78 is 6.74. The number of aromatic nitrogens is 1. The van der Waals surface area contributed by atoms with Gasteiger partial charge >= 0.3 is 0 Å². The van der Waals surface area contributed by atoms with E-state index in [1.54, 1.807) is 42.9 Å². The van der Waals surface area contributed by atoms with Crippen molar-refractivity contribution in [3.63, 3.8) is 0 Å². The number of fused-ring (bicyclic) bond motifs is 1. The average Bonchev–Trinajstić information content (AvgIpc) is 2.95. The molecule has 0 aliphatic heterocycles. The van der Waals surface area contributed by atoms with Gasteiger partial charge in [0.1, 0.15) is 5.75 Å². The smallest absolute Gasteiger partial charge is 0.207 e. The van der Waals surface area contributed by atoms with Crippen LogP contribution in [0.3, 0.4) is 0 Å². The summed E-state index contributed by atoms with van der Waals surface area (Å²) in [6.45, 7) is 0. The van der Waals surface area contributed by atoms with Crippen LogP contribution in [0.1, 0.15) is 4.88 Å². The molecule has 0 saturated heterocycles. The van der Waals surface area contributed by atoms with Crippen molar-refractivity contribution in [2.24, 2.45) is 10.7 Å². The molecule has 0 aliphatic rings. The zero-order valence-electron chi connectivity index (χ0n) is 11.2. The highest BCUT2D eigenvalue weighted by molar-refractivity contribution is 7.20. The average molecular weight is 329 g/mol. The van der Waals surface area contributed by atoms with Crippen LogP contribution in [0.15, 0.2) is 47.7 Å². The van der Waals surface area contributed by atoms with Gasteiger partial charge in [-0.2, -0.15) is 10.3 Å². The van der Waals surface area contributed by atoms with Crippen molar-refractivity contribution >= 4 is 38.9 Å². The van der Waals surface area contributed by atoms with E-state index in [9.17, 15) is 0 Å². The van der Waals surface area contributed by atoms with Gasteiger partial charge < -0.3 is 10.5 Å². The van der Waals surface area contributed by atoms with E-state index in [-0.39, 0.29) is 5.84 Å². The Bertz CT molecular complexity index is 896. The number of hydrogen-bond donors (Lipinski definition) is 1. The highest BCUT2D eigenvalue weighted by Crippen LogP contribution is 2.34. The van der Waals surface area contributed by atoms with Gasteiger partial charge in [0.2, 0.25) is 6.19 Å². The van der Waals surface area contributed by atoms with E-state index >= 15 is 0 Å². The van der Waals surface area contributed by atoms with Gasteiger partial charge in [-0.15, -0.1) is 11.3 Å². The molecule has 0 atom stereocenters. The van der Waals surface area contributed by atoms with Crippen LogP contribution < -0.4 is 10.5 Å². The van der Waals surface area contributed by atoms with Crippen molar-refractivity contribution in [1.29, 1.82) is 5.26 Å². The molecule has 2 heterocycles. The van der Waals surface area contributed by atoms with Crippen molar-refractivity contribution < 1.29 is 4.74 Å². The Morgan fingerprint density at radius 2 is 2.09 bits per heavy atom. The van der Waals surface area contributed by atoms with Gasteiger partial charge in [0.05, 0.1) is 15.8 Å². The number of nitrogens with two attached hydrogens (primary N) is 1. The van der Waals surface area contributed by atoms with Crippen molar-refractivity contribution in [1.82, 2.24) is 4.98 Å². The van der Waals surface area contributed by atoms with Gasteiger partial charge in [-0.05, 0) is 30.3 Å². The number of thiophene rings is 1. The van der Waals surface area contributed by atoms with Crippen molar-refractivity contribution in [3.8, 4) is 17.7 Å². The molecule has 0 radical (unpaired) electrons. The van der Waals surface area contributed by atoms with Gasteiger partial charge in [0.25, 0.3) is 0 Å². The quantitative estimate of drug-likeness (QED) is 0.448. The maximum atomic E-state index is 8.58. The molecule has 0 aliphatic carbocycles. The predicted molar refractivity (Wildman–Crippen MR) is 87.5 cm³/mol. The van der Waals surface area contributed by atoms with Gasteiger partial charge in [0, 0.05) is 16.6 Å². The fraction of sp³-hybridized carbons (Fsp3) is 0. The summed E-state index contributed by atoms with van der Waals surface area (Å²) >= 11 is 7.26. The number of rotatable bonds is 3. The minimum Gasteiger partial charge on any atom is -0.455 e. The monoisotopic (exact) mass is 328 g/mol. The number of hydrogen-bond acceptors (Lipinski definition) is 5. The Morgan fingerprint density at radius 3 is 2.82 bits per heavy atom. The largest absolute Gasteiger partial charge is 0.455 e. The van der Waals surface area contributed by atoms with Gasteiger partial charge in [0.15, 0.2) is 11.6 Å². The molecule has 108 valence electrons. The van der Waals surface area contributed by atoms with Gasteiger partial charge in [-0.1, -0.05) is 11.6 Å². The predicted octanol–water partition coefficient (Wildman–Crippen LogP) is 3.93. The third kappa shape index (κ3) is 2.86. The first-order chi connectivity index (χ1) is 10.7. The summed E-state index contributed by atoms with van der Waals surface area (Å²) in [4.78, 5) is 8.41. The summed E-state index contributed by atoms with van der Waals surface area (Å²) in [5.41, 5.74) is 5.75. The molecule has 3 aromatic rings. The van der Waals surface area contributed by atoms with Crippen LogP contribution in [0.25, 0.3) is 10.1 Å². The fourth-order valence-electron chi connectivity index (χ4n) is 1.88. The van der Waals surface area contributed by atoms with E-state index in [4.69, 9.17) is 27.3 Å². The first kappa shape index (κ1) is 14.3. The first-order valence-electron chi connectivity index (χ1n) is 6.21. The summed E-state index contributed by atoms with van der Waals surface area (Å²) in [6.07, 6.45) is 5.03. The number of nitrogens with zero attached hydrogens (tertiary/aromatic N) is 3. The van der Waals surface area contributed by atoms with E-state index in [1.165, 1.54) is 11.3 Å². The number of ether oxygens (including phenoxy) is 1. The van der Waals surface area contributed by atoms with Crippen LogP contribution in [0.2, 0.25) is 5.02 Å². The highest BCUT2D eigenvalue weighted by Gasteiger charge is 2.11. The lowest BCUT2D eigenvalue weighted by atomic mass is 10.2. The molecular formula is C15H9ClN4OS. The summed E-state index contributed by atoms with van der Waals surface area (Å²) in [5.74, 6) is 1.44. The molecule has 5 nitrogen and oxygen atoms in total. The molecule has 22 heavy (non-hydrogen) atoms. The molecule has 2 aromatic heterocycles. The molecule has 0 unspecified atom stereocenters. The Hall–Kier alpha value is -2.62. The lowest BCUT2D eigenvalue weighted by molar-refractivity contribution is 0.486. The maximum absolute atomic E-state index is 8.58. The number of nitriles is 1. The van der Waals surface area contributed by atoms with Gasteiger partial charge in [-0.25, -0.2) is 0 Å². The molecule has 0 bridgehead atoms. The number of amidine groups is 1. The van der Waals surface area contributed by atoms with Crippen LogP contribution in [0.4, 0.5) is 0 Å². The molecule has 2 N–H and O–H groups in total. The molecule has 0 spiro atoms. The third-order valence-corrected chi connectivity index (χ3v) is 4.22. The Balaban J connectivity index is 2.01. The van der Waals surface area contributed by atoms with E-state index in [0.29, 0.717) is 21.4 Å². The summed E-state index contributed by atoms with van der Waals surface area (Å²) in [7, 11) is 0. The minimum absolute atomic E-state index is 0.182. The Morgan fingerprint density at radius 1 is 1.32 bits per heavy atom. The first-order valence-corrected chi connectivity index (χ1v) is 7.40. The molecule has 0 saturated carbocycles. The maximum Gasteiger partial charge on any atom is 0.207 e. The highest BCUT2D eigenvalue weighted by atomic mass is 35.5. The standard InChI is InChI=1S/C15H9ClN4OS/c16-9-1-3-10(4-2-9)21-12-6-19-7-14-11(12)5-13(22-14)15(18)20-8-17/h1-7H,(H2,18,20). The zero-order chi connectivity index (χ0) is 15.5.